The van der Waals surface area contributed by atoms with Crippen LogP contribution in [0.5, 0.6) is 0 Å². The molecule has 88 valence electrons. The Morgan fingerprint density at radius 3 is 2.56 bits per heavy atom. The van der Waals surface area contributed by atoms with Gasteiger partial charge in [0.2, 0.25) is 12.2 Å². The topological polar surface area (TPSA) is 51.8 Å². The van der Waals surface area contributed by atoms with Crippen LogP contribution in [0, 0.1) is 5.82 Å². The number of halogens is 1. The van der Waals surface area contributed by atoms with Crippen molar-refractivity contribution in [3.8, 4) is 22.6 Å². The van der Waals surface area contributed by atoms with E-state index in [0.717, 1.165) is 0 Å². The highest BCUT2D eigenvalue weighted by molar-refractivity contribution is 5.65. The predicted molar refractivity (Wildman–Crippen MR) is 62.9 cm³/mol. The molecule has 0 fully saturated rings. The lowest BCUT2D eigenvalue weighted by Gasteiger charge is -2.02. The van der Waals surface area contributed by atoms with E-state index in [2.05, 4.69) is 19.6 Å². The van der Waals surface area contributed by atoms with Gasteiger partial charge in [-0.25, -0.2) is 4.39 Å². The SMILES string of the molecule is Fc1ccccc1-c1ccc(-c2ncon2)nc1. The third-order valence-corrected chi connectivity index (χ3v) is 2.54. The smallest absolute Gasteiger partial charge is 0.220 e. The van der Waals surface area contributed by atoms with Crippen LogP contribution in [0.4, 0.5) is 4.39 Å². The highest BCUT2D eigenvalue weighted by Crippen LogP contribution is 2.23. The van der Waals surface area contributed by atoms with Gasteiger partial charge < -0.3 is 4.52 Å². The third kappa shape index (κ3) is 1.86. The van der Waals surface area contributed by atoms with E-state index < -0.39 is 0 Å². The Labute approximate surface area is 102 Å². The maximum atomic E-state index is 13.6. The Bertz CT molecular complexity index is 650. The predicted octanol–water partition coefficient (Wildman–Crippen LogP) is 2.94. The van der Waals surface area contributed by atoms with Crippen LogP contribution >= 0.6 is 0 Å². The second-order valence-corrected chi connectivity index (χ2v) is 3.67. The first kappa shape index (κ1) is 10.6. The van der Waals surface area contributed by atoms with Gasteiger partial charge in [0.25, 0.3) is 0 Å². The number of benzene rings is 1. The zero-order valence-corrected chi connectivity index (χ0v) is 9.25. The Kier molecular flexibility index (Phi) is 2.57. The first-order valence-electron chi connectivity index (χ1n) is 5.32. The average molecular weight is 241 g/mol. The molecular weight excluding hydrogens is 233 g/mol. The van der Waals surface area contributed by atoms with E-state index in [1.165, 1.54) is 12.5 Å². The van der Waals surface area contributed by atoms with Crippen molar-refractivity contribution in [2.45, 2.75) is 0 Å². The molecule has 5 heteroatoms. The van der Waals surface area contributed by atoms with E-state index >= 15 is 0 Å². The summed E-state index contributed by atoms with van der Waals surface area (Å²) in [7, 11) is 0. The monoisotopic (exact) mass is 241 g/mol. The third-order valence-electron chi connectivity index (χ3n) is 2.54. The molecule has 0 aliphatic carbocycles. The maximum Gasteiger partial charge on any atom is 0.220 e. The van der Waals surface area contributed by atoms with E-state index in [1.54, 1.807) is 36.5 Å². The lowest BCUT2D eigenvalue weighted by molar-refractivity contribution is 0.418. The quantitative estimate of drug-likeness (QED) is 0.692. The largest absolute Gasteiger partial charge is 0.342 e. The Morgan fingerprint density at radius 1 is 1.00 bits per heavy atom. The summed E-state index contributed by atoms with van der Waals surface area (Å²) in [5, 5.41) is 3.68. The van der Waals surface area contributed by atoms with Crippen molar-refractivity contribution >= 4 is 0 Å². The van der Waals surface area contributed by atoms with Crippen LogP contribution in [0.2, 0.25) is 0 Å². The van der Waals surface area contributed by atoms with Crippen LogP contribution in [0.1, 0.15) is 0 Å². The molecule has 0 spiro atoms. The fourth-order valence-corrected chi connectivity index (χ4v) is 1.66. The number of pyridine rings is 1. The Hall–Kier alpha value is -2.56. The summed E-state index contributed by atoms with van der Waals surface area (Å²) in [4.78, 5) is 8.08. The lowest BCUT2D eigenvalue weighted by Crippen LogP contribution is -1.88. The van der Waals surface area contributed by atoms with Gasteiger partial charge in [0.05, 0.1) is 0 Å². The maximum absolute atomic E-state index is 13.6. The van der Waals surface area contributed by atoms with Gasteiger partial charge in [-0.15, -0.1) is 0 Å². The van der Waals surface area contributed by atoms with Gasteiger partial charge in [-0.05, 0) is 12.1 Å². The van der Waals surface area contributed by atoms with Crippen molar-refractivity contribution in [3.63, 3.8) is 0 Å². The van der Waals surface area contributed by atoms with Crippen molar-refractivity contribution in [1.29, 1.82) is 0 Å². The number of hydrogen-bond donors (Lipinski definition) is 0. The molecule has 0 amide bonds. The molecule has 0 aliphatic heterocycles. The van der Waals surface area contributed by atoms with Gasteiger partial charge in [-0.1, -0.05) is 29.4 Å². The minimum Gasteiger partial charge on any atom is -0.342 e. The van der Waals surface area contributed by atoms with Gasteiger partial charge in [-0.3, -0.25) is 4.98 Å². The number of rotatable bonds is 2. The zero-order valence-electron chi connectivity index (χ0n) is 9.25. The summed E-state index contributed by atoms with van der Waals surface area (Å²) in [5.74, 6) is 0.140. The normalized spacial score (nSPS) is 10.5. The van der Waals surface area contributed by atoms with Crippen LogP contribution in [-0.4, -0.2) is 15.1 Å². The summed E-state index contributed by atoms with van der Waals surface area (Å²) >= 11 is 0. The molecule has 2 aromatic heterocycles. The molecule has 0 N–H and O–H groups in total. The first-order valence-corrected chi connectivity index (χ1v) is 5.32. The standard InChI is InChI=1S/C13H8FN3O/c14-11-4-2-1-3-10(11)9-5-6-12(15-7-9)13-16-8-18-17-13/h1-8H. The molecule has 0 aliphatic rings. The summed E-state index contributed by atoms with van der Waals surface area (Å²) in [6, 6.07) is 10.1. The lowest BCUT2D eigenvalue weighted by atomic mass is 10.1. The Morgan fingerprint density at radius 2 is 1.89 bits per heavy atom. The fourth-order valence-electron chi connectivity index (χ4n) is 1.66. The summed E-state index contributed by atoms with van der Waals surface area (Å²) in [6.07, 6.45) is 2.83. The second-order valence-electron chi connectivity index (χ2n) is 3.67. The van der Waals surface area contributed by atoms with Gasteiger partial charge in [0.15, 0.2) is 0 Å². The molecule has 3 aromatic rings. The number of hydrogen-bond acceptors (Lipinski definition) is 4. The molecule has 2 heterocycles. The Balaban J connectivity index is 1.99. The highest BCUT2D eigenvalue weighted by Gasteiger charge is 2.07. The molecule has 0 saturated heterocycles. The van der Waals surface area contributed by atoms with E-state index in [-0.39, 0.29) is 5.82 Å². The van der Waals surface area contributed by atoms with Gasteiger partial charge >= 0.3 is 0 Å². The van der Waals surface area contributed by atoms with Gasteiger partial charge in [0, 0.05) is 17.3 Å². The van der Waals surface area contributed by atoms with Crippen LogP contribution in [0.3, 0.4) is 0 Å². The molecule has 0 saturated carbocycles. The molecule has 0 unspecified atom stereocenters. The highest BCUT2D eigenvalue weighted by atomic mass is 19.1. The summed E-state index contributed by atoms with van der Waals surface area (Å²) in [6.45, 7) is 0. The average Bonchev–Trinajstić information content (AvgIpc) is 2.94. The minimum absolute atomic E-state index is 0.272. The molecule has 0 bridgehead atoms. The summed E-state index contributed by atoms with van der Waals surface area (Å²) in [5.41, 5.74) is 1.81. The molecule has 18 heavy (non-hydrogen) atoms. The van der Waals surface area contributed by atoms with Crippen molar-refractivity contribution in [1.82, 2.24) is 15.1 Å². The van der Waals surface area contributed by atoms with Crippen LogP contribution in [0.25, 0.3) is 22.6 Å². The first-order chi connectivity index (χ1) is 8.84. The molecule has 1 aromatic carbocycles. The van der Waals surface area contributed by atoms with E-state index in [9.17, 15) is 4.39 Å². The number of aromatic nitrogens is 3. The fraction of sp³-hybridized carbons (Fsp3) is 0. The van der Waals surface area contributed by atoms with E-state index in [4.69, 9.17) is 0 Å². The molecular formula is C13H8FN3O. The van der Waals surface area contributed by atoms with Gasteiger partial charge in [-0.2, -0.15) is 4.98 Å². The summed E-state index contributed by atoms with van der Waals surface area (Å²) < 4.78 is 18.2. The molecule has 4 nitrogen and oxygen atoms in total. The zero-order chi connectivity index (χ0) is 12.4. The molecule has 0 atom stereocenters. The van der Waals surface area contributed by atoms with Crippen molar-refractivity contribution in [2.75, 3.05) is 0 Å². The molecule has 0 radical (unpaired) electrons. The van der Waals surface area contributed by atoms with Crippen molar-refractivity contribution in [3.05, 3.63) is 54.8 Å². The van der Waals surface area contributed by atoms with Crippen LogP contribution in [-0.2, 0) is 0 Å². The van der Waals surface area contributed by atoms with Crippen molar-refractivity contribution in [2.24, 2.45) is 0 Å². The van der Waals surface area contributed by atoms with Gasteiger partial charge in [0.1, 0.15) is 11.5 Å². The van der Waals surface area contributed by atoms with Crippen molar-refractivity contribution < 1.29 is 8.91 Å². The second kappa shape index (κ2) is 4.37. The number of nitrogens with zero attached hydrogens (tertiary/aromatic N) is 3. The molecule has 3 rings (SSSR count). The van der Waals surface area contributed by atoms with Crippen LogP contribution in [0.15, 0.2) is 53.5 Å². The van der Waals surface area contributed by atoms with E-state index in [1.807, 2.05) is 0 Å². The minimum atomic E-state index is -0.272. The van der Waals surface area contributed by atoms with Crippen LogP contribution < -0.4 is 0 Å². The van der Waals surface area contributed by atoms with E-state index in [0.29, 0.717) is 22.6 Å².